The zero-order valence-corrected chi connectivity index (χ0v) is 15.7. The first-order chi connectivity index (χ1) is 11.5. The third-order valence-electron chi connectivity index (χ3n) is 4.55. The molecule has 25 heavy (non-hydrogen) atoms. The largest absolute Gasteiger partial charge is 0.350 e. The molecular weight excluding hydrogens is 358 g/mol. The second kappa shape index (κ2) is 8.60. The fraction of sp³-hybridized carbons (Fsp3) is 0.765. The van der Waals surface area contributed by atoms with Crippen LogP contribution < -0.4 is 5.32 Å². The monoisotopic (exact) mass is 387 g/mol. The molecule has 2 fully saturated rings. The number of nitrogens with zero attached hydrogens (tertiary/aromatic N) is 2. The standard InChI is InChI=1S/C16H25N3O3S2.CH4/c1-2-8-24(21,22)19-7-3-4-13(10-19)16-18-14(11-23-16)9-17-15(20)12-5-6-12;/h11-13H,2-10H2,1H3,(H,17,20);1H4. The lowest BCUT2D eigenvalue weighted by Crippen LogP contribution is -2.40. The van der Waals surface area contributed by atoms with Gasteiger partial charge in [-0.05, 0) is 32.1 Å². The van der Waals surface area contributed by atoms with E-state index in [0.29, 0.717) is 26.1 Å². The van der Waals surface area contributed by atoms with Crippen molar-refractivity contribution in [3.63, 3.8) is 0 Å². The predicted octanol–water partition coefficient (Wildman–Crippen LogP) is 2.72. The van der Waals surface area contributed by atoms with E-state index in [0.717, 1.165) is 36.4 Å². The van der Waals surface area contributed by atoms with Crippen LogP contribution in [0.1, 0.15) is 63.1 Å². The lowest BCUT2D eigenvalue weighted by atomic mass is 10.0. The van der Waals surface area contributed by atoms with Crippen LogP contribution in [0.15, 0.2) is 5.38 Å². The number of carbonyl (C=O) groups is 1. The molecule has 0 bridgehead atoms. The molecule has 0 aromatic carbocycles. The number of sulfonamides is 1. The van der Waals surface area contributed by atoms with Crippen molar-refractivity contribution in [3.05, 3.63) is 16.1 Å². The summed E-state index contributed by atoms with van der Waals surface area (Å²) < 4.78 is 26.2. The first kappa shape index (κ1) is 20.3. The zero-order chi connectivity index (χ0) is 17.2. The highest BCUT2D eigenvalue weighted by Crippen LogP contribution is 2.31. The summed E-state index contributed by atoms with van der Waals surface area (Å²) in [6, 6.07) is 0. The number of piperidine rings is 1. The first-order valence-electron chi connectivity index (χ1n) is 8.69. The molecule has 0 radical (unpaired) electrons. The van der Waals surface area contributed by atoms with E-state index in [-0.39, 0.29) is 30.9 Å². The van der Waals surface area contributed by atoms with Crippen LogP contribution in [-0.2, 0) is 21.4 Å². The molecular formula is C17H29N3O3S2. The van der Waals surface area contributed by atoms with E-state index in [9.17, 15) is 13.2 Å². The second-order valence-electron chi connectivity index (χ2n) is 6.68. The first-order valence-corrected chi connectivity index (χ1v) is 11.2. The summed E-state index contributed by atoms with van der Waals surface area (Å²) in [5.41, 5.74) is 0.873. The van der Waals surface area contributed by atoms with Crippen LogP contribution in [0.25, 0.3) is 0 Å². The minimum Gasteiger partial charge on any atom is -0.350 e. The third kappa shape index (κ3) is 5.24. The highest BCUT2D eigenvalue weighted by Gasteiger charge is 2.31. The third-order valence-corrected chi connectivity index (χ3v) is 7.65. The van der Waals surface area contributed by atoms with Crippen molar-refractivity contribution in [3.8, 4) is 0 Å². The number of aromatic nitrogens is 1. The van der Waals surface area contributed by atoms with Crippen molar-refractivity contribution < 1.29 is 13.2 Å². The van der Waals surface area contributed by atoms with Gasteiger partial charge in [-0.2, -0.15) is 0 Å². The summed E-state index contributed by atoms with van der Waals surface area (Å²) in [6.45, 7) is 3.51. The molecule has 0 spiro atoms. The molecule has 1 aliphatic heterocycles. The molecule has 6 nitrogen and oxygen atoms in total. The number of thiazole rings is 1. The predicted molar refractivity (Wildman–Crippen MR) is 101 cm³/mol. The molecule has 1 saturated carbocycles. The number of nitrogens with one attached hydrogen (secondary N) is 1. The number of hydrogen-bond donors (Lipinski definition) is 1. The summed E-state index contributed by atoms with van der Waals surface area (Å²) >= 11 is 1.57. The van der Waals surface area contributed by atoms with Gasteiger partial charge in [0, 0.05) is 30.3 Å². The summed E-state index contributed by atoms with van der Waals surface area (Å²) in [4.78, 5) is 16.3. The van der Waals surface area contributed by atoms with Crippen LogP contribution in [0.5, 0.6) is 0 Å². The molecule has 142 valence electrons. The Morgan fingerprint density at radius 3 is 2.84 bits per heavy atom. The molecule has 8 heteroatoms. The van der Waals surface area contributed by atoms with Crippen molar-refractivity contribution in [1.29, 1.82) is 0 Å². The van der Waals surface area contributed by atoms with Gasteiger partial charge in [0.15, 0.2) is 0 Å². The van der Waals surface area contributed by atoms with Gasteiger partial charge in [0.2, 0.25) is 15.9 Å². The van der Waals surface area contributed by atoms with Gasteiger partial charge in [-0.15, -0.1) is 11.3 Å². The number of amides is 1. The Kier molecular flexibility index (Phi) is 6.99. The van der Waals surface area contributed by atoms with Gasteiger partial charge in [0.05, 0.1) is 23.0 Å². The van der Waals surface area contributed by atoms with E-state index in [4.69, 9.17) is 0 Å². The van der Waals surface area contributed by atoms with Crippen molar-refractivity contribution in [1.82, 2.24) is 14.6 Å². The van der Waals surface area contributed by atoms with Gasteiger partial charge < -0.3 is 5.32 Å². The van der Waals surface area contributed by atoms with Crippen molar-refractivity contribution >= 4 is 27.3 Å². The average molecular weight is 388 g/mol. The molecule has 1 amide bonds. The SMILES string of the molecule is C.CCCS(=O)(=O)N1CCCC(c2nc(CNC(=O)C3CC3)cs2)C1. The summed E-state index contributed by atoms with van der Waals surface area (Å²) in [5.74, 6) is 0.719. The van der Waals surface area contributed by atoms with Crippen LogP contribution in [-0.4, -0.2) is 42.5 Å². The van der Waals surface area contributed by atoms with Gasteiger partial charge in [0.25, 0.3) is 0 Å². The Hall–Kier alpha value is -0.990. The smallest absolute Gasteiger partial charge is 0.223 e. The maximum atomic E-state index is 12.3. The minimum atomic E-state index is -3.14. The van der Waals surface area contributed by atoms with Gasteiger partial charge in [-0.3, -0.25) is 4.79 Å². The van der Waals surface area contributed by atoms with Gasteiger partial charge in [-0.25, -0.2) is 17.7 Å². The Labute approximate surface area is 155 Å². The van der Waals surface area contributed by atoms with Crippen molar-refractivity contribution in [2.75, 3.05) is 18.8 Å². The van der Waals surface area contributed by atoms with Crippen molar-refractivity contribution in [2.24, 2.45) is 5.92 Å². The molecule has 1 N–H and O–H groups in total. The van der Waals surface area contributed by atoms with E-state index in [1.807, 2.05) is 12.3 Å². The molecule has 3 rings (SSSR count). The fourth-order valence-corrected chi connectivity index (χ4v) is 5.58. The topological polar surface area (TPSA) is 79.4 Å². The molecule has 1 unspecified atom stereocenters. The Balaban J connectivity index is 0.00000225. The van der Waals surface area contributed by atoms with Crippen LogP contribution in [0.3, 0.4) is 0 Å². The highest BCUT2D eigenvalue weighted by atomic mass is 32.2. The van der Waals surface area contributed by atoms with Crippen molar-refractivity contribution in [2.45, 2.75) is 58.9 Å². The van der Waals surface area contributed by atoms with Gasteiger partial charge >= 0.3 is 0 Å². The molecule has 1 aliphatic carbocycles. The zero-order valence-electron chi connectivity index (χ0n) is 14.0. The molecule has 1 aromatic rings. The quantitative estimate of drug-likeness (QED) is 0.780. The molecule has 2 heterocycles. The molecule has 2 aliphatic rings. The van der Waals surface area contributed by atoms with Gasteiger partial charge in [-0.1, -0.05) is 14.4 Å². The second-order valence-corrected chi connectivity index (χ2v) is 9.66. The van der Waals surface area contributed by atoms with E-state index >= 15 is 0 Å². The minimum absolute atomic E-state index is 0. The lowest BCUT2D eigenvalue weighted by Gasteiger charge is -2.30. The fourth-order valence-electron chi connectivity index (χ4n) is 3.04. The summed E-state index contributed by atoms with van der Waals surface area (Å²) in [6.07, 6.45) is 4.49. The Bertz CT molecular complexity index is 683. The number of rotatable bonds is 7. The summed E-state index contributed by atoms with van der Waals surface area (Å²) in [5, 5.41) is 5.89. The maximum Gasteiger partial charge on any atom is 0.223 e. The Morgan fingerprint density at radius 1 is 1.40 bits per heavy atom. The van der Waals surface area contributed by atoms with Crippen LogP contribution in [0.2, 0.25) is 0 Å². The normalized spacial score (nSPS) is 21.6. The van der Waals surface area contributed by atoms with Crippen LogP contribution in [0.4, 0.5) is 0 Å². The number of carbonyl (C=O) groups excluding carboxylic acids is 1. The molecule has 1 aromatic heterocycles. The number of hydrogen-bond acceptors (Lipinski definition) is 5. The lowest BCUT2D eigenvalue weighted by molar-refractivity contribution is -0.122. The summed E-state index contributed by atoms with van der Waals surface area (Å²) in [7, 11) is -3.14. The average Bonchev–Trinajstić information content (AvgIpc) is 3.31. The van der Waals surface area contributed by atoms with E-state index in [1.54, 1.807) is 15.6 Å². The van der Waals surface area contributed by atoms with E-state index < -0.39 is 10.0 Å². The van der Waals surface area contributed by atoms with Crippen LogP contribution in [0, 0.1) is 5.92 Å². The van der Waals surface area contributed by atoms with E-state index in [1.165, 1.54) is 0 Å². The van der Waals surface area contributed by atoms with Crippen LogP contribution >= 0.6 is 11.3 Å². The van der Waals surface area contributed by atoms with Gasteiger partial charge in [0.1, 0.15) is 0 Å². The maximum absolute atomic E-state index is 12.3. The van der Waals surface area contributed by atoms with E-state index in [2.05, 4.69) is 10.3 Å². The highest BCUT2D eigenvalue weighted by molar-refractivity contribution is 7.89. The molecule has 1 atom stereocenters. The molecule has 1 saturated heterocycles. The Morgan fingerprint density at radius 2 is 2.16 bits per heavy atom.